The smallest absolute Gasteiger partial charge is 0.124 e. The highest BCUT2D eigenvalue weighted by Gasteiger charge is 2.27. The summed E-state index contributed by atoms with van der Waals surface area (Å²) in [6.45, 7) is 0.636. The number of benzene rings is 2. The fourth-order valence-corrected chi connectivity index (χ4v) is 3.02. The molecule has 0 fully saturated rings. The van der Waals surface area contributed by atoms with E-state index in [1.54, 1.807) is 0 Å². The lowest BCUT2D eigenvalue weighted by Gasteiger charge is -2.27. The Bertz CT molecular complexity index is 522. The summed E-state index contributed by atoms with van der Waals surface area (Å²) >= 11 is 3.66. The molecule has 0 aliphatic heterocycles. The second kappa shape index (κ2) is 4.53. The quantitative estimate of drug-likeness (QED) is 0.767. The summed E-state index contributed by atoms with van der Waals surface area (Å²) in [6, 6.07) is 16.6. The fourth-order valence-electron chi connectivity index (χ4n) is 2.15. The normalized spacial score (nSPS) is 17.1. The number of hydrogen-bond donors (Lipinski definition) is 0. The van der Waals surface area contributed by atoms with Crippen LogP contribution in [0.4, 0.5) is 0 Å². The molecule has 0 saturated carbocycles. The van der Waals surface area contributed by atoms with Crippen molar-refractivity contribution in [3.05, 3.63) is 65.2 Å². The van der Waals surface area contributed by atoms with E-state index in [1.807, 2.05) is 18.2 Å². The average Bonchev–Trinajstić information content (AvgIpc) is 2.36. The van der Waals surface area contributed by atoms with Crippen molar-refractivity contribution >= 4 is 15.9 Å². The van der Waals surface area contributed by atoms with Gasteiger partial charge in [0.15, 0.2) is 0 Å². The van der Waals surface area contributed by atoms with Crippen molar-refractivity contribution in [3.8, 4) is 5.75 Å². The van der Waals surface area contributed by atoms with Crippen molar-refractivity contribution in [2.24, 2.45) is 0 Å². The third-order valence-corrected chi connectivity index (χ3v) is 3.89. The molecule has 1 atom stereocenters. The molecule has 1 unspecified atom stereocenters. The van der Waals surface area contributed by atoms with Gasteiger partial charge in [0, 0.05) is 10.4 Å². The van der Waals surface area contributed by atoms with Crippen molar-refractivity contribution in [1.82, 2.24) is 0 Å². The van der Waals surface area contributed by atoms with Crippen molar-refractivity contribution < 1.29 is 4.74 Å². The lowest BCUT2D eigenvalue weighted by molar-refractivity contribution is 0.300. The van der Waals surface area contributed by atoms with Gasteiger partial charge in [-0.25, -0.2) is 0 Å². The van der Waals surface area contributed by atoms with Crippen LogP contribution in [0.2, 0.25) is 0 Å². The topological polar surface area (TPSA) is 9.23 Å². The molecule has 2 aromatic carbocycles. The molecule has 2 aromatic rings. The molecule has 0 amide bonds. The molecule has 0 spiro atoms. The van der Waals surface area contributed by atoms with Crippen LogP contribution in [0.25, 0.3) is 0 Å². The molecule has 0 bridgehead atoms. The van der Waals surface area contributed by atoms with Crippen LogP contribution in [-0.2, 0) is 13.0 Å². The first-order chi connectivity index (χ1) is 8.34. The Morgan fingerprint density at radius 3 is 2.65 bits per heavy atom. The van der Waals surface area contributed by atoms with E-state index in [-0.39, 0.29) is 0 Å². The third-order valence-electron chi connectivity index (χ3n) is 3.11. The fraction of sp³-hybridized carbons (Fsp3) is 0.200. The Balaban J connectivity index is 1.76. The molecule has 0 heterocycles. The van der Waals surface area contributed by atoms with Crippen LogP contribution in [-0.4, -0.2) is 0 Å². The second-order valence-corrected chi connectivity index (χ2v) is 5.38. The first kappa shape index (κ1) is 10.8. The molecular weight excluding hydrogens is 276 g/mol. The zero-order valence-electron chi connectivity index (χ0n) is 9.40. The van der Waals surface area contributed by atoms with Gasteiger partial charge in [0.05, 0.1) is 0 Å². The standard InChI is InChI=1S/C15H13BrO/c16-13-9-12-7-4-8-14(15(12)13)17-10-11-5-2-1-3-6-11/h1-8,13H,9-10H2. The first-order valence-electron chi connectivity index (χ1n) is 5.77. The average molecular weight is 289 g/mol. The Kier molecular flexibility index (Phi) is 2.89. The largest absolute Gasteiger partial charge is 0.489 e. The predicted octanol–water partition coefficient (Wildman–Crippen LogP) is 4.26. The minimum atomic E-state index is 0.462. The lowest BCUT2D eigenvalue weighted by atomic mass is 9.88. The Morgan fingerprint density at radius 2 is 1.88 bits per heavy atom. The van der Waals surface area contributed by atoms with Gasteiger partial charge in [-0.15, -0.1) is 0 Å². The summed E-state index contributed by atoms with van der Waals surface area (Å²) < 4.78 is 5.90. The molecule has 0 N–H and O–H groups in total. The van der Waals surface area contributed by atoms with Gasteiger partial charge in [0.2, 0.25) is 0 Å². The van der Waals surface area contributed by atoms with Crippen molar-refractivity contribution in [1.29, 1.82) is 0 Å². The van der Waals surface area contributed by atoms with Crippen LogP contribution in [0.3, 0.4) is 0 Å². The van der Waals surface area contributed by atoms with Crippen LogP contribution in [0.1, 0.15) is 21.5 Å². The van der Waals surface area contributed by atoms with Gasteiger partial charge < -0.3 is 4.74 Å². The van der Waals surface area contributed by atoms with Crippen LogP contribution in [0, 0.1) is 0 Å². The molecule has 2 heteroatoms. The monoisotopic (exact) mass is 288 g/mol. The number of ether oxygens (including phenoxy) is 1. The molecule has 1 aliphatic carbocycles. The van der Waals surface area contributed by atoms with Crippen LogP contribution in [0.5, 0.6) is 5.75 Å². The van der Waals surface area contributed by atoms with Gasteiger partial charge >= 0.3 is 0 Å². The molecule has 0 radical (unpaired) electrons. The van der Waals surface area contributed by atoms with E-state index < -0.39 is 0 Å². The molecule has 1 nitrogen and oxygen atoms in total. The van der Waals surface area contributed by atoms with Gasteiger partial charge in [0.25, 0.3) is 0 Å². The summed E-state index contributed by atoms with van der Waals surface area (Å²) in [5.41, 5.74) is 3.93. The van der Waals surface area contributed by atoms with E-state index in [1.165, 1.54) is 16.7 Å². The highest BCUT2D eigenvalue weighted by Crippen LogP contribution is 2.45. The van der Waals surface area contributed by atoms with Crippen LogP contribution < -0.4 is 4.74 Å². The number of alkyl halides is 1. The van der Waals surface area contributed by atoms with Crippen molar-refractivity contribution in [3.63, 3.8) is 0 Å². The summed E-state index contributed by atoms with van der Waals surface area (Å²) in [4.78, 5) is 0.462. The van der Waals surface area contributed by atoms with E-state index in [0.29, 0.717) is 11.4 Å². The van der Waals surface area contributed by atoms with Crippen LogP contribution >= 0.6 is 15.9 Å². The SMILES string of the molecule is BrC1Cc2cccc(OCc3ccccc3)c21. The van der Waals surface area contributed by atoms with Gasteiger partial charge in [0.1, 0.15) is 12.4 Å². The van der Waals surface area contributed by atoms with E-state index in [9.17, 15) is 0 Å². The number of hydrogen-bond acceptors (Lipinski definition) is 1. The number of fused-ring (bicyclic) bond motifs is 1. The Labute approximate surface area is 110 Å². The van der Waals surface area contributed by atoms with E-state index in [2.05, 4.69) is 46.3 Å². The molecule has 17 heavy (non-hydrogen) atoms. The predicted molar refractivity (Wildman–Crippen MR) is 72.6 cm³/mol. The molecule has 0 aromatic heterocycles. The van der Waals surface area contributed by atoms with Crippen molar-refractivity contribution in [2.75, 3.05) is 0 Å². The minimum Gasteiger partial charge on any atom is -0.489 e. The van der Waals surface area contributed by atoms with E-state index in [4.69, 9.17) is 4.74 Å². The van der Waals surface area contributed by atoms with Gasteiger partial charge in [-0.1, -0.05) is 58.4 Å². The molecular formula is C15H13BrO. The molecule has 1 aliphatic rings. The number of rotatable bonds is 3. The van der Waals surface area contributed by atoms with Gasteiger partial charge in [-0.05, 0) is 23.6 Å². The van der Waals surface area contributed by atoms with Crippen molar-refractivity contribution in [2.45, 2.75) is 17.9 Å². The maximum atomic E-state index is 5.90. The van der Waals surface area contributed by atoms with Crippen LogP contribution in [0.15, 0.2) is 48.5 Å². The maximum Gasteiger partial charge on any atom is 0.124 e. The summed E-state index contributed by atoms with van der Waals surface area (Å²) in [5, 5.41) is 0. The number of halogens is 1. The van der Waals surface area contributed by atoms with Gasteiger partial charge in [-0.2, -0.15) is 0 Å². The van der Waals surface area contributed by atoms with E-state index in [0.717, 1.165) is 12.2 Å². The van der Waals surface area contributed by atoms with E-state index >= 15 is 0 Å². The summed E-state index contributed by atoms with van der Waals surface area (Å²) in [5.74, 6) is 1.01. The summed E-state index contributed by atoms with van der Waals surface area (Å²) in [6.07, 6.45) is 1.11. The molecule has 86 valence electrons. The maximum absolute atomic E-state index is 5.90. The van der Waals surface area contributed by atoms with Gasteiger partial charge in [-0.3, -0.25) is 0 Å². The second-order valence-electron chi connectivity index (χ2n) is 4.27. The zero-order valence-corrected chi connectivity index (χ0v) is 11.0. The third kappa shape index (κ3) is 2.09. The lowest BCUT2D eigenvalue weighted by Crippen LogP contribution is -2.13. The highest BCUT2D eigenvalue weighted by atomic mass is 79.9. The minimum absolute atomic E-state index is 0.462. The zero-order chi connectivity index (χ0) is 11.7. The first-order valence-corrected chi connectivity index (χ1v) is 6.69. The molecule has 0 saturated heterocycles. The highest BCUT2D eigenvalue weighted by molar-refractivity contribution is 9.09. The molecule has 3 rings (SSSR count). The summed E-state index contributed by atoms with van der Waals surface area (Å²) in [7, 11) is 0. The Morgan fingerprint density at radius 1 is 1.06 bits per heavy atom. The Hall–Kier alpha value is -1.28.